The zero-order valence-corrected chi connectivity index (χ0v) is 12.6. The first-order valence-corrected chi connectivity index (χ1v) is 8.46. The standard InChI is InChI=1S/C16H25FN2O2/c17-16(4-5-16)15(20)19-9-12-3-6-18(8-13(12)10-19)11-14-2-1-7-21-14/h12-14H,1-11H2/t12-,13+,14?/m1/s1. The quantitative estimate of drug-likeness (QED) is 0.790. The van der Waals surface area contributed by atoms with Crippen LogP contribution < -0.4 is 0 Å². The summed E-state index contributed by atoms with van der Waals surface area (Å²) in [4.78, 5) is 16.4. The number of piperidine rings is 1. The highest BCUT2D eigenvalue weighted by molar-refractivity contribution is 5.88. The first-order chi connectivity index (χ1) is 10.1. The normalized spacial score (nSPS) is 38.5. The van der Waals surface area contributed by atoms with E-state index in [0.29, 0.717) is 30.8 Å². The third-order valence-electron chi connectivity index (χ3n) is 5.73. The molecule has 1 amide bonds. The Kier molecular flexibility index (Phi) is 3.45. The van der Waals surface area contributed by atoms with Crippen LogP contribution in [0.15, 0.2) is 0 Å². The second kappa shape index (κ2) is 5.20. The van der Waals surface area contributed by atoms with Gasteiger partial charge in [0.05, 0.1) is 6.10 Å². The molecular weight excluding hydrogens is 271 g/mol. The molecule has 5 heteroatoms. The summed E-state index contributed by atoms with van der Waals surface area (Å²) in [5.41, 5.74) is -1.50. The van der Waals surface area contributed by atoms with E-state index >= 15 is 0 Å². The molecule has 3 saturated heterocycles. The van der Waals surface area contributed by atoms with Crippen LogP contribution in [0.4, 0.5) is 4.39 Å². The molecular formula is C16H25FN2O2. The van der Waals surface area contributed by atoms with Gasteiger partial charge in [0.1, 0.15) is 0 Å². The number of alkyl halides is 1. The number of ether oxygens (including phenoxy) is 1. The summed E-state index contributed by atoms with van der Waals surface area (Å²) in [6.07, 6.45) is 4.78. The summed E-state index contributed by atoms with van der Waals surface area (Å²) >= 11 is 0. The van der Waals surface area contributed by atoms with Gasteiger partial charge in [-0.25, -0.2) is 4.39 Å². The fraction of sp³-hybridized carbons (Fsp3) is 0.938. The Morgan fingerprint density at radius 3 is 2.71 bits per heavy atom. The van der Waals surface area contributed by atoms with Crippen molar-refractivity contribution < 1.29 is 13.9 Å². The van der Waals surface area contributed by atoms with Gasteiger partial charge in [-0.15, -0.1) is 0 Å². The number of carbonyl (C=O) groups is 1. The van der Waals surface area contributed by atoms with Gasteiger partial charge in [-0.3, -0.25) is 4.79 Å². The summed E-state index contributed by atoms with van der Waals surface area (Å²) in [5.74, 6) is 0.881. The number of halogens is 1. The lowest BCUT2D eigenvalue weighted by atomic mass is 9.88. The van der Waals surface area contributed by atoms with Crippen LogP contribution in [-0.2, 0) is 9.53 Å². The van der Waals surface area contributed by atoms with Crippen LogP contribution in [0.25, 0.3) is 0 Å². The number of likely N-dealkylation sites (tertiary alicyclic amines) is 2. The molecule has 0 aromatic carbocycles. The maximum Gasteiger partial charge on any atom is 0.260 e. The Morgan fingerprint density at radius 1 is 1.19 bits per heavy atom. The molecule has 118 valence electrons. The number of amides is 1. The predicted octanol–water partition coefficient (Wildman–Crippen LogP) is 1.45. The van der Waals surface area contributed by atoms with Gasteiger partial charge in [0.15, 0.2) is 5.67 Å². The van der Waals surface area contributed by atoms with E-state index < -0.39 is 5.67 Å². The molecule has 3 aliphatic heterocycles. The van der Waals surface area contributed by atoms with Crippen LogP contribution in [0.3, 0.4) is 0 Å². The molecule has 0 aromatic rings. The van der Waals surface area contributed by atoms with Crippen molar-refractivity contribution in [3.8, 4) is 0 Å². The summed E-state index contributed by atoms with van der Waals surface area (Å²) in [6.45, 7) is 5.63. The van der Waals surface area contributed by atoms with E-state index in [-0.39, 0.29) is 5.91 Å². The topological polar surface area (TPSA) is 32.8 Å². The number of hydrogen-bond donors (Lipinski definition) is 0. The van der Waals surface area contributed by atoms with Crippen molar-refractivity contribution in [1.82, 2.24) is 9.80 Å². The highest BCUT2D eigenvalue weighted by atomic mass is 19.1. The SMILES string of the molecule is O=C(N1C[C@H]2CCN(CC3CCCO3)C[C@H]2C1)C1(F)CC1. The van der Waals surface area contributed by atoms with Crippen molar-refractivity contribution in [2.24, 2.45) is 11.8 Å². The summed E-state index contributed by atoms with van der Waals surface area (Å²) in [7, 11) is 0. The van der Waals surface area contributed by atoms with Crippen molar-refractivity contribution >= 4 is 5.91 Å². The lowest BCUT2D eigenvalue weighted by molar-refractivity contribution is -0.137. The Hall–Kier alpha value is -0.680. The van der Waals surface area contributed by atoms with Gasteiger partial charge in [-0.1, -0.05) is 0 Å². The molecule has 0 N–H and O–H groups in total. The first kappa shape index (κ1) is 13.9. The average Bonchev–Trinajstić information content (AvgIpc) is 2.93. The van der Waals surface area contributed by atoms with E-state index in [1.54, 1.807) is 4.90 Å². The Labute approximate surface area is 125 Å². The predicted molar refractivity (Wildman–Crippen MR) is 76.7 cm³/mol. The summed E-state index contributed by atoms with van der Waals surface area (Å²) in [6, 6.07) is 0. The minimum absolute atomic E-state index is 0.234. The first-order valence-electron chi connectivity index (χ1n) is 8.46. The van der Waals surface area contributed by atoms with Crippen molar-refractivity contribution in [2.75, 3.05) is 39.3 Å². The van der Waals surface area contributed by atoms with Crippen LogP contribution in [0.2, 0.25) is 0 Å². The van der Waals surface area contributed by atoms with Gasteiger partial charge in [-0.2, -0.15) is 0 Å². The second-order valence-electron chi connectivity index (χ2n) is 7.38. The van der Waals surface area contributed by atoms with Crippen LogP contribution in [0.1, 0.15) is 32.1 Å². The van der Waals surface area contributed by atoms with Gasteiger partial charge in [0, 0.05) is 32.8 Å². The van der Waals surface area contributed by atoms with E-state index in [1.165, 1.54) is 12.8 Å². The molecule has 4 nitrogen and oxygen atoms in total. The van der Waals surface area contributed by atoms with Crippen LogP contribution in [-0.4, -0.2) is 66.8 Å². The molecule has 1 unspecified atom stereocenters. The lowest BCUT2D eigenvalue weighted by Crippen LogP contribution is -2.43. The highest BCUT2D eigenvalue weighted by Crippen LogP contribution is 2.43. The van der Waals surface area contributed by atoms with Crippen LogP contribution in [0, 0.1) is 11.8 Å². The number of fused-ring (bicyclic) bond motifs is 1. The van der Waals surface area contributed by atoms with Crippen molar-refractivity contribution in [2.45, 2.75) is 43.9 Å². The molecule has 4 aliphatic rings. The van der Waals surface area contributed by atoms with E-state index in [9.17, 15) is 9.18 Å². The lowest BCUT2D eigenvalue weighted by Gasteiger charge is -2.35. The molecule has 21 heavy (non-hydrogen) atoms. The van der Waals surface area contributed by atoms with E-state index in [4.69, 9.17) is 4.74 Å². The van der Waals surface area contributed by atoms with Gasteiger partial charge in [0.25, 0.3) is 5.91 Å². The largest absolute Gasteiger partial charge is 0.377 e. The van der Waals surface area contributed by atoms with Gasteiger partial charge in [-0.05, 0) is 50.5 Å². The van der Waals surface area contributed by atoms with Crippen molar-refractivity contribution in [3.05, 3.63) is 0 Å². The molecule has 3 atom stereocenters. The average molecular weight is 296 g/mol. The summed E-state index contributed by atoms with van der Waals surface area (Å²) in [5, 5.41) is 0. The number of rotatable bonds is 3. The smallest absolute Gasteiger partial charge is 0.260 e. The fourth-order valence-electron chi connectivity index (χ4n) is 4.26. The van der Waals surface area contributed by atoms with Gasteiger partial charge < -0.3 is 14.5 Å². The molecule has 1 aliphatic carbocycles. The molecule has 3 heterocycles. The number of hydrogen-bond acceptors (Lipinski definition) is 3. The maximum atomic E-state index is 14.0. The monoisotopic (exact) mass is 296 g/mol. The second-order valence-corrected chi connectivity index (χ2v) is 7.38. The minimum atomic E-state index is -1.50. The Balaban J connectivity index is 1.32. The third kappa shape index (κ3) is 2.70. The van der Waals surface area contributed by atoms with E-state index in [0.717, 1.165) is 45.8 Å². The van der Waals surface area contributed by atoms with Gasteiger partial charge >= 0.3 is 0 Å². The van der Waals surface area contributed by atoms with E-state index in [2.05, 4.69) is 4.90 Å². The van der Waals surface area contributed by atoms with E-state index in [1.807, 2.05) is 0 Å². The molecule has 4 fully saturated rings. The minimum Gasteiger partial charge on any atom is -0.377 e. The maximum absolute atomic E-state index is 14.0. The highest BCUT2D eigenvalue weighted by Gasteiger charge is 2.54. The molecule has 0 radical (unpaired) electrons. The zero-order valence-electron chi connectivity index (χ0n) is 12.6. The van der Waals surface area contributed by atoms with Gasteiger partial charge in [0.2, 0.25) is 0 Å². The molecule has 0 aromatic heterocycles. The zero-order chi connectivity index (χ0) is 14.4. The van der Waals surface area contributed by atoms with Crippen molar-refractivity contribution in [3.63, 3.8) is 0 Å². The van der Waals surface area contributed by atoms with Crippen molar-refractivity contribution in [1.29, 1.82) is 0 Å². The molecule has 4 rings (SSSR count). The Morgan fingerprint density at radius 2 is 2.00 bits per heavy atom. The number of nitrogens with zero attached hydrogens (tertiary/aromatic N) is 2. The fourth-order valence-corrected chi connectivity index (χ4v) is 4.26. The van der Waals surface area contributed by atoms with Crippen LogP contribution in [0.5, 0.6) is 0 Å². The Bertz CT molecular complexity index is 421. The number of carbonyl (C=O) groups excluding carboxylic acids is 1. The van der Waals surface area contributed by atoms with Crippen LogP contribution >= 0.6 is 0 Å². The third-order valence-corrected chi connectivity index (χ3v) is 5.73. The molecule has 1 saturated carbocycles. The summed E-state index contributed by atoms with van der Waals surface area (Å²) < 4.78 is 19.7. The molecule has 0 bridgehead atoms. The molecule has 0 spiro atoms.